The van der Waals surface area contributed by atoms with E-state index in [-0.39, 0.29) is 5.56 Å². The molecular weight excluding hydrogens is 310 g/mol. The molecule has 0 saturated heterocycles. The fraction of sp³-hybridized carbons (Fsp3) is 0.412. The third-order valence-electron chi connectivity index (χ3n) is 4.21. The molecule has 0 aliphatic rings. The van der Waals surface area contributed by atoms with Crippen LogP contribution in [-0.4, -0.2) is 34.1 Å². The van der Waals surface area contributed by atoms with Crippen LogP contribution in [-0.2, 0) is 6.54 Å². The maximum absolute atomic E-state index is 13.0. The number of rotatable bonds is 6. The number of aryl methyl sites for hydroxylation is 1. The topological polar surface area (TPSA) is 51.3 Å². The summed E-state index contributed by atoms with van der Waals surface area (Å²) in [6.07, 6.45) is 1.62. The van der Waals surface area contributed by atoms with Gasteiger partial charge in [0.05, 0.1) is 11.6 Å². The summed E-state index contributed by atoms with van der Waals surface area (Å²) in [4.78, 5) is 20.7. The molecule has 0 spiro atoms. The van der Waals surface area contributed by atoms with Crippen molar-refractivity contribution >= 4 is 21.6 Å². The fourth-order valence-electron chi connectivity index (χ4n) is 2.78. The zero-order valence-corrected chi connectivity index (χ0v) is 14.5. The van der Waals surface area contributed by atoms with Crippen LogP contribution in [0.2, 0.25) is 0 Å². The van der Waals surface area contributed by atoms with E-state index in [0.29, 0.717) is 17.7 Å². The average Bonchev–Trinajstić information content (AvgIpc) is 3.19. The first kappa shape index (κ1) is 16.0. The Morgan fingerprint density at radius 3 is 2.78 bits per heavy atom. The van der Waals surface area contributed by atoms with Crippen molar-refractivity contribution in [1.82, 2.24) is 14.5 Å². The highest BCUT2D eigenvalue weighted by molar-refractivity contribution is 7.17. The van der Waals surface area contributed by atoms with Crippen molar-refractivity contribution < 1.29 is 4.42 Å². The second kappa shape index (κ2) is 6.68. The number of aromatic nitrogens is 2. The number of hydrogen-bond acceptors (Lipinski definition) is 5. The molecule has 0 N–H and O–H groups in total. The zero-order chi connectivity index (χ0) is 16.4. The van der Waals surface area contributed by atoms with Crippen LogP contribution in [0.25, 0.3) is 21.5 Å². The Morgan fingerprint density at radius 2 is 2.13 bits per heavy atom. The average molecular weight is 331 g/mol. The van der Waals surface area contributed by atoms with Gasteiger partial charge in [-0.15, -0.1) is 11.3 Å². The van der Waals surface area contributed by atoms with Gasteiger partial charge in [0.15, 0.2) is 0 Å². The number of nitrogens with zero attached hydrogens (tertiary/aromatic N) is 3. The minimum atomic E-state index is 0.0207. The minimum Gasteiger partial charge on any atom is -0.464 e. The Kier molecular flexibility index (Phi) is 4.63. The lowest BCUT2D eigenvalue weighted by molar-refractivity contribution is 0.288. The standard InChI is InChI=1S/C17H21N3O2S/c1-4-19(5-2)8-9-20-12(3)18-16-15(17(20)21)13(11-23-16)14-7-6-10-22-14/h6-7,10-11H,4-5,8-9H2,1-3H3. The van der Waals surface area contributed by atoms with Gasteiger partial charge in [-0.3, -0.25) is 9.36 Å². The second-order valence-electron chi connectivity index (χ2n) is 5.45. The van der Waals surface area contributed by atoms with Crippen LogP contribution in [0.4, 0.5) is 0 Å². The number of furan rings is 1. The molecule has 0 fully saturated rings. The molecule has 122 valence electrons. The molecule has 0 aromatic carbocycles. The van der Waals surface area contributed by atoms with E-state index >= 15 is 0 Å². The molecule has 3 rings (SSSR count). The number of fused-ring (bicyclic) bond motifs is 1. The predicted molar refractivity (Wildman–Crippen MR) is 94.1 cm³/mol. The van der Waals surface area contributed by atoms with Crippen molar-refractivity contribution in [2.45, 2.75) is 27.3 Å². The van der Waals surface area contributed by atoms with Gasteiger partial charge < -0.3 is 9.32 Å². The zero-order valence-electron chi connectivity index (χ0n) is 13.7. The highest BCUT2D eigenvalue weighted by Gasteiger charge is 2.17. The van der Waals surface area contributed by atoms with Crippen molar-refractivity contribution in [3.05, 3.63) is 40.0 Å². The van der Waals surface area contributed by atoms with Crippen molar-refractivity contribution in [3.8, 4) is 11.3 Å². The maximum Gasteiger partial charge on any atom is 0.263 e. The van der Waals surface area contributed by atoms with E-state index in [4.69, 9.17) is 4.42 Å². The molecule has 3 heterocycles. The normalized spacial score (nSPS) is 11.7. The lowest BCUT2D eigenvalue weighted by Gasteiger charge is -2.19. The molecule has 0 aliphatic carbocycles. The van der Waals surface area contributed by atoms with Crippen LogP contribution in [0.1, 0.15) is 19.7 Å². The molecule has 23 heavy (non-hydrogen) atoms. The van der Waals surface area contributed by atoms with Gasteiger partial charge in [0.1, 0.15) is 16.4 Å². The van der Waals surface area contributed by atoms with Gasteiger partial charge in [0.2, 0.25) is 0 Å². The van der Waals surface area contributed by atoms with E-state index in [1.807, 2.05) is 24.4 Å². The molecule has 0 amide bonds. The smallest absolute Gasteiger partial charge is 0.263 e. The van der Waals surface area contributed by atoms with E-state index in [2.05, 4.69) is 23.7 Å². The molecule has 0 unspecified atom stereocenters. The van der Waals surface area contributed by atoms with Crippen molar-refractivity contribution in [2.75, 3.05) is 19.6 Å². The largest absolute Gasteiger partial charge is 0.464 e. The van der Waals surface area contributed by atoms with Gasteiger partial charge in [0.25, 0.3) is 5.56 Å². The van der Waals surface area contributed by atoms with Crippen LogP contribution in [0.15, 0.2) is 33.0 Å². The van der Waals surface area contributed by atoms with Gasteiger partial charge >= 0.3 is 0 Å². The molecule has 0 saturated carbocycles. The van der Waals surface area contributed by atoms with E-state index in [1.54, 1.807) is 10.8 Å². The Balaban J connectivity index is 2.05. The molecule has 0 aliphatic heterocycles. The van der Waals surface area contributed by atoms with Crippen molar-refractivity contribution in [2.24, 2.45) is 0 Å². The van der Waals surface area contributed by atoms with Crippen LogP contribution >= 0.6 is 11.3 Å². The van der Waals surface area contributed by atoms with Gasteiger partial charge in [-0.05, 0) is 32.1 Å². The SMILES string of the molecule is CCN(CC)CCn1c(C)nc2scc(-c3ccco3)c2c1=O. The molecule has 0 atom stereocenters. The fourth-order valence-corrected chi connectivity index (χ4v) is 3.75. The summed E-state index contributed by atoms with van der Waals surface area (Å²) in [6, 6.07) is 3.71. The summed E-state index contributed by atoms with van der Waals surface area (Å²) in [5.74, 6) is 1.48. The highest BCUT2D eigenvalue weighted by Crippen LogP contribution is 2.31. The summed E-state index contributed by atoms with van der Waals surface area (Å²) in [6.45, 7) is 9.63. The summed E-state index contributed by atoms with van der Waals surface area (Å²) in [5, 5.41) is 2.61. The molecule has 3 aromatic rings. The van der Waals surface area contributed by atoms with E-state index < -0.39 is 0 Å². The Hall–Kier alpha value is -1.92. The lowest BCUT2D eigenvalue weighted by atomic mass is 10.2. The summed E-state index contributed by atoms with van der Waals surface area (Å²) < 4.78 is 7.24. The van der Waals surface area contributed by atoms with Crippen molar-refractivity contribution in [1.29, 1.82) is 0 Å². The summed E-state index contributed by atoms with van der Waals surface area (Å²) in [5.41, 5.74) is 0.858. The third kappa shape index (κ3) is 2.96. The first-order chi connectivity index (χ1) is 11.2. The van der Waals surface area contributed by atoms with Crippen LogP contribution in [0.5, 0.6) is 0 Å². The summed E-state index contributed by atoms with van der Waals surface area (Å²) >= 11 is 1.49. The number of likely N-dealkylation sites (N-methyl/N-ethyl adjacent to an activating group) is 1. The lowest BCUT2D eigenvalue weighted by Crippen LogP contribution is -2.32. The molecule has 5 nitrogen and oxygen atoms in total. The van der Waals surface area contributed by atoms with Crippen LogP contribution in [0.3, 0.4) is 0 Å². The first-order valence-corrected chi connectivity index (χ1v) is 8.78. The maximum atomic E-state index is 13.0. The molecule has 3 aromatic heterocycles. The molecule has 0 radical (unpaired) electrons. The van der Waals surface area contributed by atoms with Gasteiger partial charge in [0, 0.05) is 24.0 Å². The number of thiophene rings is 1. The molecule has 0 bridgehead atoms. The van der Waals surface area contributed by atoms with E-state index in [9.17, 15) is 4.79 Å². The van der Waals surface area contributed by atoms with E-state index in [0.717, 1.165) is 35.9 Å². The third-order valence-corrected chi connectivity index (χ3v) is 5.08. The molecular formula is C17H21N3O2S. The minimum absolute atomic E-state index is 0.0207. The monoisotopic (exact) mass is 331 g/mol. The predicted octanol–water partition coefficient (Wildman–Crippen LogP) is 3.37. The first-order valence-electron chi connectivity index (χ1n) is 7.90. The Labute approximate surface area is 139 Å². The highest BCUT2D eigenvalue weighted by atomic mass is 32.1. The van der Waals surface area contributed by atoms with Crippen LogP contribution in [0, 0.1) is 6.92 Å². The Morgan fingerprint density at radius 1 is 1.35 bits per heavy atom. The van der Waals surface area contributed by atoms with E-state index in [1.165, 1.54) is 11.3 Å². The van der Waals surface area contributed by atoms with Gasteiger partial charge in [-0.25, -0.2) is 4.98 Å². The van der Waals surface area contributed by atoms with Gasteiger partial charge in [-0.1, -0.05) is 13.8 Å². The van der Waals surface area contributed by atoms with Crippen molar-refractivity contribution in [3.63, 3.8) is 0 Å². The summed E-state index contributed by atoms with van der Waals surface area (Å²) in [7, 11) is 0. The second-order valence-corrected chi connectivity index (χ2v) is 6.31. The Bertz CT molecular complexity index is 845. The quantitative estimate of drug-likeness (QED) is 0.695. The van der Waals surface area contributed by atoms with Gasteiger partial charge in [-0.2, -0.15) is 0 Å². The number of hydrogen-bond donors (Lipinski definition) is 0. The van der Waals surface area contributed by atoms with Crippen LogP contribution < -0.4 is 5.56 Å². The molecule has 6 heteroatoms.